The molecule has 0 heterocycles. The van der Waals surface area contributed by atoms with Gasteiger partial charge < -0.3 is 10.0 Å². The summed E-state index contributed by atoms with van der Waals surface area (Å²) in [4.78, 5) is 35.6. The molecule has 1 aliphatic carbocycles. The van der Waals surface area contributed by atoms with E-state index in [2.05, 4.69) is 29.0 Å². The van der Waals surface area contributed by atoms with Crippen LogP contribution in [0.5, 0.6) is 0 Å². The third-order valence-corrected chi connectivity index (χ3v) is 6.18. The molecule has 2 aromatic carbocycles. The second-order valence-electron chi connectivity index (χ2n) is 9.16. The van der Waals surface area contributed by atoms with Crippen LogP contribution in [-0.2, 0) is 16.0 Å². The van der Waals surface area contributed by atoms with E-state index >= 15 is 0 Å². The molecule has 1 atom stereocenters. The number of aliphatic carboxylic acids is 1. The maximum absolute atomic E-state index is 13.5. The Labute approximate surface area is 220 Å². The molecule has 0 fully saturated rings. The molecular weight excluding hydrogens is 462 g/mol. The smallest absolute Gasteiger partial charge is 0.303 e. The van der Waals surface area contributed by atoms with Gasteiger partial charge in [0, 0.05) is 31.9 Å². The molecule has 1 amide bonds. The molecule has 6 nitrogen and oxygen atoms in total. The zero-order valence-electron chi connectivity index (χ0n) is 21.6. The fraction of sp³-hybridized carbons (Fsp3) is 0.355. The second-order valence-corrected chi connectivity index (χ2v) is 9.16. The number of carbonyl (C=O) groups excluding carboxylic acids is 1. The average molecular weight is 500 g/mol. The number of carboxylic acids is 1. The quantitative estimate of drug-likeness (QED) is 0.252. The van der Waals surface area contributed by atoms with E-state index in [1.807, 2.05) is 78.0 Å². The third kappa shape index (κ3) is 9.64. The predicted molar refractivity (Wildman–Crippen MR) is 150 cm³/mol. The number of benzene rings is 2. The first-order valence-corrected chi connectivity index (χ1v) is 13.1. The van der Waals surface area contributed by atoms with Crippen LogP contribution in [0.15, 0.2) is 94.2 Å². The first-order valence-electron chi connectivity index (χ1n) is 13.1. The van der Waals surface area contributed by atoms with Crippen LogP contribution < -0.4 is 0 Å². The van der Waals surface area contributed by atoms with Gasteiger partial charge in [-0.3, -0.25) is 19.6 Å². The van der Waals surface area contributed by atoms with Crippen molar-refractivity contribution in [2.24, 2.45) is 15.9 Å². The van der Waals surface area contributed by atoms with E-state index in [1.54, 1.807) is 0 Å². The highest BCUT2D eigenvalue weighted by molar-refractivity contribution is 5.83. The Morgan fingerprint density at radius 1 is 0.973 bits per heavy atom. The van der Waals surface area contributed by atoms with E-state index in [9.17, 15) is 9.59 Å². The number of hydrogen-bond donors (Lipinski definition) is 1. The Kier molecular flexibility index (Phi) is 11.5. The monoisotopic (exact) mass is 499 g/mol. The fourth-order valence-electron chi connectivity index (χ4n) is 4.19. The van der Waals surface area contributed by atoms with Crippen LogP contribution in [0.1, 0.15) is 56.6 Å². The Bertz CT molecular complexity index is 1120. The largest absolute Gasteiger partial charge is 0.481 e. The van der Waals surface area contributed by atoms with Crippen molar-refractivity contribution in [3.63, 3.8) is 0 Å². The molecule has 1 unspecified atom stereocenters. The van der Waals surface area contributed by atoms with E-state index in [-0.39, 0.29) is 18.2 Å². The van der Waals surface area contributed by atoms with Crippen molar-refractivity contribution in [3.8, 4) is 0 Å². The van der Waals surface area contributed by atoms with Crippen LogP contribution in [0.4, 0.5) is 0 Å². The summed E-state index contributed by atoms with van der Waals surface area (Å²) in [6, 6.07) is 20.1. The molecular formula is C31H37N3O3. The van der Waals surface area contributed by atoms with E-state index in [1.165, 1.54) is 5.56 Å². The molecule has 0 saturated heterocycles. The SMILES string of the molecule is CCCN(CCc1ccccc1)C(=O)C1C=C(N=CCCCCC(=O)O)C(N=Cc2ccccc2)=CC1. The van der Waals surface area contributed by atoms with Gasteiger partial charge in [0.2, 0.25) is 5.91 Å². The molecule has 2 aromatic rings. The van der Waals surface area contributed by atoms with E-state index < -0.39 is 5.97 Å². The van der Waals surface area contributed by atoms with E-state index in [0.29, 0.717) is 31.5 Å². The van der Waals surface area contributed by atoms with Crippen LogP contribution in [0.25, 0.3) is 0 Å². The highest BCUT2D eigenvalue weighted by Crippen LogP contribution is 2.27. The fourth-order valence-corrected chi connectivity index (χ4v) is 4.19. The number of rotatable bonds is 14. The lowest BCUT2D eigenvalue weighted by Crippen LogP contribution is -2.38. The number of unbranched alkanes of at least 4 members (excludes halogenated alkanes) is 2. The summed E-state index contributed by atoms with van der Waals surface area (Å²) in [5.74, 6) is -0.941. The highest BCUT2D eigenvalue weighted by atomic mass is 16.4. The normalized spacial score (nSPS) is 15.5. The molecule has 3 rings (SSSR count). The van der Waals surface area contributed by atoms with Gasteiger partial charge >= 0.3 is 5.97 Å². The van der Waals surface area contributed by atoms with Gasteiger partial charge in [-0.15, -0.1) is 0 Å². The summed E-state index contributed by atoms with van der Waals surface area (Å²) in [5.41, 5.74) is 3.66. The molecule has 0 aromatic heterocycles. The van der Waals surface area contributed by atoms with Crippen molar-refractivity contribution in [3.05, 3.63) is 95.3 Å². The van der Waals surface area contributed by atoms with Crippen molar-refractivity contribution < 1.29 is 14.7 Å². The number of amides is 1. The Morgan fingerprint density at radius 3 is 2.41 bits per heavy atom. The molecule has 1 N–H and O–H groups in total. The van der Waals surface area contributed by atoms with Gasteiger partial charge in [0.05, 0.1) is 17.3 Å². The highest BCUT2D eigenvalue weighted by Gasteiger charge is 2.25. The molecule has 0 bridgehead atoms. The Balaban J connectivity index is 1.72. The van der Waals surface area contributed by atoms with Gasteiger partial charge in [-0.1, -0.05) is 73.7 Å². The lowest BCUT2D eigenvalue weighted by Gasteiger charge is -2.27. The van der Waals surface area contributed by atoms with Crippen molar-refractivity contribution in [2.45, 2.75) is 51.9 Å². The summed E-state index contributed by atoms with van der Waals surface area (Å²) in [5, 5.41) is 8.83. The minimum Gasteiger partial charge on any atom is -0.481 e. The maximum atomic E-state index is 13.5. The number of aliphatic imine (C=N–C) groups is 2. The van der Waals surface area contributed by atoms with Gasteiger partial charge in [-0.25, -0.2) is 0 Å². The standard InChI is InChI=1S/C31H37N3O3/c1-2-21-34(22-19-25-12-6-3-7-13-25)31(37)27-17-18-28(33-24-26-14-8-4-9-15-26)29(23-27)32-20-11-5-10-16-30(35)36/h3-4,6-9,12-15,18,20,23-24,27H,2,5,10-11,16-17,19,21-22H2,1H3,(H,35,36). The van der Waals surface area contributed by atoms with Crippen LogP contribution >= 0.6 is 0 Å². The van der Waals surface area contributed by atoms with Crippen LogP contribution in [0, 0.1) is 5.92 Å². The number of allylic oxidation sites excluding steroid dienone is 1. The molecule has 1 aliphatic rings. The molecule has 194 valence electrons. The van der Waals surface area contributed by atoms with Crippen LogP contribution in [0.3, 0.4) is 0 Å². The zero-order valence-corrected chi connectivity index (χ0v) is 21.6. The van der Waals surface area contributed by atoms with Crippen molar-refractivity contribution >= 4 is 24.3 Å². The molecule has 0 radical (unpaired) electrons. The Hall–Kier alpha value is -3.80. The van der Waals surface area contributed by atoms with Gasteiger partial charge in [-0.2, -0.15) is 0 Å². The summed E-state index contributed by atoms with van der Waals surface area (Å²) in [6.45, 7) is 3.50. The average Bonchev–Trinajstić information content (AvgIpc) is 2.92. The van der Waals surface area contributed by atoms with E-state index in [4.69, 9.17) is 5.11 Å². The topological polar surface area (TPSA) is 82.3 Å². The Morgan fingerprint density at radius 2 is 1.70 bits per heavy atom. The molecule has 6 heteroatoms. The maximum Gasteiger partial charge on any atom is 0.303 e. The molecule has 0 aliphatic heterocycles. The van der Waals surface area contributed by atoms with Crippen molar-refractivity contribution in [1.82, 2.24) is 4.90 Å². The molecule has 37 heavy (non-hydrogen) atoms. The van der Waals surface area contributed by atoms with Gasteiger partial charge in [0.1, 0.15) is 0 Å². The zero-order chi connectivity index (χ0) is 26.3. The van der Waals surface area contributed by atoms with Crippen molar-refractivity contribution in [2.75, 3.05) is 13.1 Å². The van der Waals surface area contributed by atoms with E-state index in [0.717, 1.165) is 37.1 Å². The number of hydrogen-bond acceptors (Lipinski definition) is 4. The molecule has 0 spiro atoms. The van der Waals surface area contributed by atoms with Crippen molar-refractivity contribution in [1.29, 1.82) is 0 Å². The summed E-state index contributed by atoms with van der Waals surface area (Å²) in [7, 11) is 0. The lowest BCUT2D eigenvalue weighted by atomic mass is 9.95. The number of carbonyl (C=O) groups is 2. The van der Waals surface area contributed by atoms with Gasteiger partial charge in [0.15, 0.2) is 0 Å². The lowest BCUT2D eigenvalue weighted by molar-refractivity contribution is -0.137. The van der Waals surface area contributed by atoms with Gasteiger partial charge in [0.25, 0.3) is 0 Å². The van der Waals surface area contributed by atoms with Crippen LogP contribution in [-0.4, -0.2) is 47.4 Å². The summed E-state index contributed by atoms with van der Waals surface area (Å²) in [6.07, 6.45) is 12.1. The third-order valence-electron chi connectivity index (χ3n) is 6.18. The summed E-state index contributed by atoms with van der Waals surface area (Å²) >= 11 is 0. The van der Waals surface area contributed by atoms with Crippen LogP contribution in [0.2, 0.25) is 0 Å². The first-order chi connectivity index (χ1) is 18.1. The summed E-state index contributed by atoms with van der Waals surface area (Å²) < 4.78 is 0. The second kappa shape index (κ2) is 15.3. The minimum absolute atomic E-state index is 0.120. The number of nitrogens with zero attached hydrogens (tertiary/aromatic N) is 3. The van der Waals surface area contributed by atoms with Gasteiger partial charge in [-0.05, 0) is 55.7 Å². The minimum atomic E-state index is -0.780. The molecule has 0 saturated carbocycles. The predicted octanol–water partition coefficient (Wildman–Crippen LogP) is 6.09. The first kappa shape index (κ1) is 27.8. The number of carboxylic acid groups (broad SMARTS) is 1.